The number of aryl methyl sites for hydroxylation is 1. The molecule has 0 aliphatic carbocycles. The molecular weight excluding hydrogens is 669 g/mol. The molecule has 0 unspecified atom stereocenters. The number of unbranched alkanes of at least 4 members (excludes halogenated alkanes) is 14. The number of nitrogens with one attached hydrogen (secondary N) is 1. The Labute approximate surface area is 301 Å². The SMILES string of the molecule is CCCCCCCCCCCCCCCCCc1[nH]n(-c2ccc(Oc3ccccc3)c(S(=O)(=O)O)c2)c(=O)c1N=Nc1ccc(O)c(OC)c1. The lowest BCUT2D eigenvalue weighted by molar-refractivity contribution is 0.373. The van der Waals surface area contributed by atoms with Gasteiger partial charge in [0.05, 0.1) is 24.2 Å². The van der Waals surface area contributed by atoms with Crippen LogP contribution in [0.2, 0.25) is 0 Å². The molecule has 0 fully saturated rings. The summed E-state index contributed by atoms with van der Waals surface area (Å²) >= 11 is 0. The monoisotopic (exact) mass is 720 g/mol. The highest BCUT2D eigenvalue weighted by Gasteiger charge is 2.22. The predicted octanol–water partition coefficient (Wildman–Crippen LogP) is 10.7. The lowest BCUT2D eigenvalue weighted by Gasteiger charge is -2.11. The Kier molecular flexibility index (Phi) is 15.8. The van der Waals surface area contributed by atoms with E-state index in [2.05, 4.69) is 22.3 Å². The fraction of sp³-hybridized carbons (Fsp3) is 0.462. The van der Waals surface area contributed by atoms with E-state index in [4.69, 9.17) is 9.47 Å². The van der Waals surface area contributed by atoms with Crippen molar-refractivity contribution in [3.05, 3.63) is 82.8 Å². The third-order valence-corrected chi connectivity index (χ3v) is 9.71. The maximum Gasteiger partial charge on any atom is 0.299 e. The van der Waals surface area contributed by atoms with Crippen molar-refractivity contribution in [2.45, 2.75) is 115 Å². The van der Waals surface area contributed by atoms with Crippen molar-refractivity contribution < 1.29 is 27.6 Å². The number of aromatic nitrogens is 2. The second kappa shape index (κ2) is 20.4. The molecular formula is C39H52N4O7S. The lowest BCUT2D eigenvalue weighted by atomic mass is 10.0. The van der Waals surface area contributed by atoms with Gasteiger partial charge in [-0.15, -0.1) is 5.11 Å². The summed E-state index contributed by atoms with van der Waals surface area (Å²) in [5.74, 6) is 0.452. The average molecular weight is 721 g/mol. The molecule has 0 aliphatic heterocycles. The molecule has 4 rings (SSSR count). The minimum Gasteiger partial charge on any atom is -0.504 e. The topological polar surface area (TPSA) is 156 Å². The van der Waals surface area contributed by atoms with Crippen LogP contribution in [0.15, 0.2) is 86.6 Å². The Morgan fingerprint density at radius 3 is 1.94 bits per heavy atom. The van der Waals surface area contributed by atoms with Gasteiger partial charge in [0.1, 0.15) is 16.4 Å². The highest BCUT2D eigenvalue weighted by atomic mass is 32.2. The number of benzene rings is 3. The summed E-state index contributed by atoms with van der Waals surface area (Å²) in [5, 5.41) is 21.6. The number of aromatic amines is 1. The first-order valence-corrected chi connectivity index (χ1v) is 19.6. The molecule has 12 heteroatoms. The molecule has 3 N–H and O–H groups in total. The summed E-state index contributed by atoms with van der Waals surface area (Å²) in [7, 11) is -3.30. The zero-order chi connectivity index (χ0) is 36.5. The van der Waals surface area contributed by atoms with Crippen LogP contribution in [-0.2, 0) is 16.5 Å². The van der Waals surface area contributed by atoms with Crippen LogP contribution in [0, 0.1) is 0 Å². The molecule has 1 aromatic heterocycles. The first kappa shape index (κ1) is 39.4. The van der Waals surface area contributed by atoms with Crippen molar-refractivity contribution >= 4 is 21.5 Å². The quantitative estimate of drug-likeness (QED) is 0.0391. The number of para-hydroxylation sites is 1. The molecule has 0 amide bonds. The Balaban J connectivity index is 1.43. The van der Waals surface area contributed by atoms with E-state index in [1.165, 1.54) is 119 Å². The van der Waals surface area contributed by atoms with E-state index < -0.39 is 20.6 Å². The number of nitrogens with zero attached hydrogens (tertiary/aromatic N) is 3. The van der Waals surface area contributed by atoms with Crippen molar-refractivity contribution in [1.82, 2.24) is 9.78 Å². The minimum atomic E-state index is -4.72. The van der Waals surface area contributed by atoms with Crippen LogP contribution >= 0.6 is 0 Å². The molecule has 51 heavy (non-hydrogen) atoms. The van der Waals surface area contributed by atoms with Gasteiger partial charge in [0.25, 0.3) is 15.7 Å². The van der Waals surface area contributed by atoms with Crippen molar-refractivity contribution in [3.63, 3.8) is 0 Å². The molecule has 1 heterocycles. The summed E-state index contributed by atoms with van der Waals surface area (Å²) in [4.78, 5) is 13.3. The van der Waals surface area contributed by atoms with Crippen LogP contribution in [0.3, 0.4) is 0 Å². The highest BCUT2D eigenvalue weighted by Crippen LogP contribution is 2.33. The maximum absolute atomic E-state index is 13.8. The number of rotatable bonds is 23. The zero-order valence-electron chi connectivity index (χ0n) is 29.9. The van der Waals surface area contributed by atoms with Crippen LogP contribution < -0.4 is 15.0 Å². The molecule has 4 aromatic rings. The van der Waals surface area contributed by atoms with Crippen molar-refractivity contribution in [3.8, 4) is 28.7 Å². The Hall–Kier alpha value is -4.42. The molecule has 276 valence electrons. The largest absolute Gasteiger partial charge is 0.504 e. The van der Waals surface area contributed by atoms with Crippen LogP contribution in [0.5, 0.6) is 23.0 Å². The molecule has 0 bridgehead atoms. The number of phenolic OH excluding ortho intramolecular Hbond substituents is 1. The normalized spacial score (nSPS) is 11.7. The van der Waals surface area contributed by atoms with E-state index in [1.54, 1.807) is 36.4 Å². The smallest absolute Gasteiger partial charge is 0.299 e. The van der Waals surface area contributed by atoms with Gasteiger partial charge in [-0.3, -0.25) is 14.4 Å². The van der Waals surface area contributed by atoms with Crippen LogP contribution in [0.1, 0.15) is 109 Å². The summed E-state index contributed by atoms with van der Waals surface area (Å²) in [6.45, 7) is 2.25. The fourth-order valence-electron chi connectivity index (χ4n) is 5.98. The van der Waals surface area contributed by atoms with Gasteiger partial charge in [0.2, 0.25) is 0 Å². The second-order valence-corrected chi connectivity index (χ2v) is 14.2. The van der Waals surface area contributed by atoms with Gasteiger partial charge in [-0.25, -0.2) is 4.68 Å². The molecule has 0 saturated carbocycles. The fourth-order valence-corrected chi connectivity index (χ4v) is 6.61. The molecule has 0 spiro atoms. The number of H-pyrrole nitrogens is 1. The number of ether oxygens (including phenoxy) is 2. The van der Waals surface area contributed by atoms with E-state index >= 15 is 0 Å². The third-order valence-electron chi connectivity index (χ3n) is 8.83. The average Bonchev–Trinajstić information content (AvgIpc) is 3.43. The maximum atomic E-state index is 13.8. The van der Waals surface area contributed by atoms with Gasteiger partial charge in [0, 0.05) is 6.07 Å². The number of methoxy groups -OCH3 is 1. The lowest BCUT2D eigenvalue weighted by Crippen LogP contribution is -2.15. The van der Waals surface area contributed by atoms with E-state index in [0.29, 0.717) is 23.6 Å². The molecule has 0 aliphatic rings. The van der Waals surface area contributed by atoms with E-state index in [0.717, 1.165) is 19.3 Å². The van der Waals surface area contributed by atoms with Crippen molar-refractivity contribution in [2.24, 2.45) is 10.2 Å². The minimum absolute atomic E-state index is 0.0522. The standard InChI is InChI=1S/C39H52N4O7S/c1-3-4-5-6-7-8-9-10-11-12-13-14-15-16-20-23-33-38(41-40-30-24-26-34(44)36(28-30)49-2)39(45)43(42-33)31-25-27-35(37(29-31)51(46,47)48)50-32-21-18-17-19-22-32/h17-19,21-22,24-29,42,44H,3-16,20,23H2,1-2H3,(H,46,47,48). The number of phenols is 1. The van der Waals surface area contributed by atoms with Crippen molar-refractivity contribution in [1.29, 1.82) is 0 Å². The zero-order valence-corrected chi connectivity index (χ0v) is 30.7. The van der Waals surface area contributed by atoms with Gasteiger partial charge in [-0.1, -0.05) is 115 Å². The molecule has 0 radical (unpaired) electrons. The van der Waals surface area contributed by atoms with Crippen LogP contribution in [0.25, 0.3) is 5.69 Å². The Bertz CT molecular complexity index is 1850. The first-order chi connectivity index (χ1) is 24.7. The van der Waals surface area contributed by atoms with E-state index in [9.17, 15) is 22.9 Å². The predicted molar refractivity (Wildman–Crippen MR) is 200 cm³/mol. The van der Waals surface area contributed by atoms with Crippen LogP contribution in [-0.4, -0.2) is 35.0 Å². The van der Waals surface area contributed by atoms with Crippen molar-refractivity contribution in [2.75, 3.05) is 7.11 Å². The number of hydrogen-bond acceptors (Lipinski definition) is 8. The Morgan fingerprint density at radius 2 is 1.35 bits per heavy atom. The third kappa shape index (κ3) is 12.4. The summed E-state index contributed by atoms with van der Waals surface area (Å²) in [5.41, 5.74) is 0.607. The number of azo groups is 1. The summed E-state index contributed by atoms with van der Waals surface area (Å²) < 4.78 is 47.0. The second-order valence-electron chi connectivity index (χ2n) is 12.9. The first-order valence-electron chi connectivity index (χ1n) is 18.2. The summed E-state index contributed by atoms with van der Waals surface area (Å²) in [6.07, 6.45) is 19.1. The van der Waals surface area contributed by atoms with Gasteiger partial charge in [-0.2, -0.15) is 13.5 Å². The molecule has 3 aromatic carbocycles. The van der Waals surface area contributed by atoms with Gasteiger partial charge in [-0.05, 0) is 55.3 Å². The van der Waals surface area contributed by atoms with E-state index in [1.807, 2.05) is 0 Å². The highest BCUT2D eigenvalue weighted by molar-refractivity contribution is 7.86. The van der Waals surface area contributed by atoms with Gasteiger partial charge < -0.3 is 14.6 Å². The molecule has 11 nitrogen and oxygen atoms in total. The number of hydrogen-bond donors (Lipinski definition) is 3. The Morgan fingerprint density at radius 1 is 0.745 bits per heavy atom. The number of aromatic hydroxyl groups is 1. The van der Waals surface area contributed by atoms with E-state index in [-0.39, 0.29) is 28.6 Å². The van der Waals surface area contributed by atoms with Gasteiger partial charge >= 0.3 is 0 Å². The van der Waals surface area contributed by atoms with Crippen LogP contribution in [0.4, 0.5) is 11.4 Å². The molecule has 0 saturated heterocycles. The summed E-state index contributed by atoms with van der Waals surface area (Å²) in [6, 6.07) is 17.1. The van der Waals surface area contributed by atoms with Gasteiger partial charge in [0.15, 0.2) is 17.2 Å². The molecule has 0 atom stereocenters.